The molecule has 2 aromatic rings. The summed E-state index contributed by atoms with van der Waals surface area (Å²) in [5.74, 6) is 0.255. The van der Waals surface area contributed by atoms with Gasteiger partial charge in [-0.2, -0.15) is 13.2 Å². The highest BCUT2D eigenvalue weighted by molar-refractivity contribution is 5.98. The van der Waals surface area contributed by atoms with E-state index in [4.69, 9.17) is 9.47 Å². The Bertz CT molecular complexity index is 1000. The van der Waals surface area contributed by atoms with E-state index in [1.165, 1.54) is 18.2 Å². The Morgan fingerprint density at radius 1 is 0.938 bits per heavy atom. The first kappa shape index (κ1) is 21.9. The lowest BCUT2D eigenvalue weighted by Crippen LogP contribution is -2.50. The number of fused-ring (bicyclic) bond motifs is 1. The Kier molecular flexibility index (Phi) is 6.22. The second-order valence-electron chi connectivity index (χ2n) is 7.49. The van der Waals surface area contributed by atoms with Crippen molar-refractivity contribution in [3.63, 3.8) is 0 Å². The number of anilines is 1. The zero-order valence-electron chi connectivity index (χ0n) is 17.2. The molecule has 0 saturated carbocycles. The van der Waals surface area contributed by atoms with Crippen molar-refractivity contribution in [3.8, 4) is 11.5 Å². The molecule has 1 N–H and O–H groups in total. The monoisotopic (exact) mass is 449 g/mol. The van der Waals surface area contributed by atoms with Crippen LogP contribution in [0.25, 0.3) is 0 Å². The Balaban J connectivity index is 1.33. The van der Waals surface area contributed by atoms with Gasteiger partial charge in [-0.1, -0.05) is 18.2 Å². The summed E-state index contributed by atoms with van der Waals surface area (Å²) >= 11 is 0. The number of ether oxygens (including phenoxy) is 2. The summed E-state index contributed by atoms with van der Waals surface area (Å²) in [6.07, 6.45) is -4.55. The van der Waals surface area contributed by atoms with E-state index in [-0.39, 0.29) is 18.1 Å². The summed E-state index contributed by atoms with van der Waals surface area (Å²) in [7, 11) is 0. The molecule has 2 aromatic carbocycles. The molecule has 0 bridgehead atoms. The average Bonchev–Trinajstić information content (AvgIpc) is 2.78. The largest absolute Gasteiger partial charge is 0.486 e. The standard InChI is InChI=1S/C22H22F3N3O4/c23-22(24,25)16-5-1-2-6-17(16)26-19(29)14-27-8-10-28(11-9-27)21(30)15-4-3-7-18-20(15)32-13-12-31-18/h1-7H,8-14H2,(H,26,29). The van der Waals surface area contributed by atoms with E-state index in [0.29, 0.717) is 56.5 Å². The molecule has 0 spiro atoms. The van der Waals surface area contributed by atoms with Crippen LogP contribution in [0, 0.1) is 0 Å². The van der Waals surface area contributed by atoms with Crippen LogP contribution in [0.4, 0.5) is 18.9 Å². The molecular formula is C22H22F3N3O4. The van der Waals surface area contributed by atoms with Crippen molar-refractivity contribution in [1.82, 2.24) is 9.80 Å². The predicted octanol–water partition coefficient (Wildman–Crippen LogP) is 2.87. The summed E-state index contributed by atoms with van der Waals surface area (Å²) < 4.78 is 50.5. The minimum Gasteiger partial charge on any atom is -0.486 e. The Morgan fingerprint density at radius 3 is 2.41 bits per heavy atom. The molecule has 1 saturated heterocycles. The zero-order chi connectivity index (χ0) is 22.7. The lowest BCUT2D eigenvalue weighted by molar-refractivity contribution is -0.137. The maximum atomic E-state index is 13.1. The van der Waals surface area contributed by atoms with Crippen molar-refractivity contribution in [2.45, 2.75) is 6.18 Å². The number of rotatable bonds is 4. The topological polar surface area (TPSA) is 71.1 Å². The zero-order valence-corrected chi connectivity index (χ0v) is 17.2. The van der Waals surface area contributed by atoms with Crippen molar-refractivity contribution in [1.29, 1.82) is 0 Å². The van der Waals surface area contributed by atoms with Crippen molar-refractivity contribution in [2.75, 3.05) is 51.3 Å². The molecule has 2 aliphatic heterocycles. The van der Waals surface area contributed by atoms with Gasteiger partial charge in [0.1, 0.15) is 13.2 Å². The number of benzene rings is 2. The number of nitrogens with one attached hydrogen (secondary N) is 1. The summed E-state index contributed by atoms with van der Waals surface area (Å²) in [6, 6.07) is 10.0. The third-order valence-corrected chi connectivity index (χ3v) is 5.33. The van der Waals surface area contributed by atoms with Crippen molar-refractivity contribution in [3.05, 3.63) is 53.6 Å². The van der Waals surface area contributed by atoms with Crippen LogP contribution in [0.15, 0.2) is 42.5 Å². The fourth-order valence-electron chi connectivity index (χ4n) is 3.75. The summed E-state index contributed by atoms with van der Waals surface area (Å²) in [5, 5.41) is 2.35. The summed E-state index contributed by atoms with van der Waals surface area (Å²) in [4.78, 5) is 28.8. The molecule has 2 heterocycles. The summed E-state index contributed by atoms with van der Waals surface area (Å²) in [6.45, 7) is 2.35. The fraction of sp³-hybridized carbons (Fsp3) is 0.364. The van der Waals surface area contributed by atoms with Crippen molar-refractivity contribution >= 4 is 17.5 Å². The van der Waals surface area contributed by atoms with Gasteiger partial charge < -0.3 is 19.7 Å². The Labute approximate surface area is 182 Å². The molecule has 0 unspecified atom stereocenters. The van der Waals surface area contributed by atoms with Gasteiger partial charge in [0.15, 0.2) is 11.5 Å². The number of hydrogen-bond acceptors (Lipinski definition) is 5. The second-order valence-corrected chi connectivity index (χ2v) is 7.49. The van der Waals surface area contributed by atoms with E-state index >= 15 is 0 Å². The number of carbonyl (C=O) groups is 2. The maximum absolute atomic E-state index is 13.1. The minimum atomic E-state index is -4.55. The first-order valence-corrected chi connectivity index (χ1v) is 10.2. The van der Waals surface area contributed by atoms with E-state index in [1.54, 1.807) is 28.0 Å². The molecular weight excluding hydrogens is 427 g/mol. The van der Waals surface area contributed by atoms with Crippen LogP contribution in [-0.4, -0.2) is 67.6 Å². The molecule has 0 aromatic heterocycles. The van der Waals surface area contributed by atoms with E-state index < -0.39 is 17.6 Å². The molecule has 170 valence electrons. The molecule has 10 heteroatoms. The quantitative estimate of drug-likeness (QED) is 0.778. The SMILES string of the molecule is O=C(CN1CCN(C(=O)c2cccc3c2OCCO3)CC1)Nc1ccccc1C(F)(F)F. The highest BCUT2D eigenvalue weighted by Gasteiger charge is 2.34. The van der Waals surface area contributed by atoms with Crippen LogP contribution in [0.1, 0.15) is 15.9 Å². The number of amides is 2. The number of alkyl halides is 3. The van der Waals surface area contributed by atoms with Crippen LogP contribution < -0.4 is 14.8 Å². The average molecular weight is 449 g/mol. The third-order valence-electron chi connectivity index (χ3n) is 5.33. The predicted molar refractivity (Wildman–Crippen MR) is 110 cm³/mol. The van der Waals surface area contributed by atoms with Crippen molar-refractivity contribution < 1.29 is 32.2 Å². The van der Waals surface area contributed by atoms with Crippen LogP contribution >= 0.6 is 0 Å². The highest BCUT2D eigenvalue weighted by Crippen LogP contribution is 2.35. The number of carbonyl (C=O) groups excluding carboxylic acids is 2. The summed E-state index contributed by atoms with van der Waals surface area (Å²) in [5.41, 5.74) is -0.729. The molecule has 1 fully saturated rings. The van der Waals surface area contributed by atoms with Gasteiger partial charge in [0.2, 0.25) is 5.91 Å². The number of piperazine rings is 1. The Morgan fingerprint density at radius 2 is 1.66 bits per heavy atom. The van der Waals surface area contributed by atoms with Gasteiger partial charge in [0.25, 0.3) is 5.91 Å². The van der Waals surface area contributed by atoms with Gasteiger partial charge in [-0.3, -0.25) is 14.5 Å². The number of halogens is 3. The number of hydrogen-bond donors (Lipinski definition) is 1. The fourth-order valence-corrected chi connectivity index (χ4v) is 3.75. The second kappa shape index (κ2) is 9.07. The highest BCUT2D eigenvalue weighted by atomic mass is 19.4. The van der Waals surface area contributed by atoms with E-state index in [0.717, 1.165) is 6.07 Å². The lowest BCUT2D eigenvalue weighted by atomic mass is 10.1. The minimum absolute atomic E-state index is 0.0636. The van der Waals surface area contributed by atoms with Crippen LogP contribution in [0.2, 0.25) is 0 Å². The van der Waals surface area contributed by atoms with Gasteiger partial charge in [0.05, 0.1) is 23.4 Å². The number of para-hydroxylation sites is 2. The van der Waals surface area contributed by atoms with E-state index in [1.807, 2.05) is 0 Å². The molecule has 7 nitrogen and oxygen atoms in total. The normalized spacial score (nSPS) is 16.5. The maximum Gasteiger partial charge on any atom is 0.418 e. The first-order valence-electron chi connectivity index (χ1n) is 10.2. The first-order chi connectivity index (χ1) is 15.3. The lowest BCUT2D eigenvalue weighted by Gasteiger charge is -2.35. The Hall–Kier alpha value is -3.27. The van der Waals surface area contributed by atoms with Crippen LogP contribution in [0.3, 0.4) is 0 Å². The van der Waals surface area contributed by atoms with E-state index in [2.05, 4.69) is 5.32 Å². The molecule has 2 amide bonds. The van der Waals surface area contributed by atoms with E-state index in [9.17, 15) is 22.8 Å². The van der Waals surface area contributed by atoms with Gasteiger partial charge in [-0.25, -0.2) is 0 Å². The smallest absolute Gasteiger partial charge is 0.418 e. The van der Waals surface area contributed by atoms with Crippen LogP contribution in [-0.2, 0) is 11.0 Å². The molecule has 0 atom stereocenters. The van der Waals surface area contributed by atoms with Crippen molar-refractivity contribution in [2.24, 2.45) is 0 Å². The van der Waals surface area contributed by atoms with Crippen LogP contribution in [0.5, 0.6) is 11.5 Å². The molecule has 2 aliphatic rings. The molecule has 4 rings (SSSR count). The molecule has 0 aliphatic carbocycles. The third kappa shape index (κ3) is 4.80. The molecule has 0 radical (unpaired) electrons. The number of nitrogens with zero attached hydrogens (tertiary/aromatic N) is 2. The van der Waals surface area contributed by atoms with Gasteiger partial charge in [-0.15, -0.1) is 0 Å². The van der Waals surface area contributed by atoms with Gasteiger partial charge in [-0.05, 0) is 24.3 Å². The van der Waals surface area contributed by atoms with Gasteiger partial charge in [0, 0.05) is 26.2 Å². The van der Waals surface area contributed by atoms with Gasteiger partial charge >= 0.3 is 6.18 Å². The molecule has 32 heavy (non-hydrogen) atoms.